The summed E-state index contributed by atoms with van der Waals surface area (Å²) in [6, 6.07) is 11.2. The van der Waals surface area contributed by atoms with Crippen LogP contribution in [0.1, 0.15) is 44.4 Å². The Bertz CT molecular complexity index is 600. The number of nitrogens with one attached hydrogen (secondary N) is 1. The number of aromatic nitrogens is 2. The standard InChI is InChI=1S/C17H24N4O/c1-13-7-6-8-14(2)20(13)21-16(17(18)22-19-21)12-11-15-9-4-3-5-10-15/h3-5,9-10,13-14,18H,6-8,11-12H2,1-2H3. The second-order valence-corrected chi connectivity index (χ2v) is 6.23. The van der Waals surface area contributed by atoms with E-state index in [0.717, 1.165) is 31.4 Å². The lowest BCUT2D eigenvalue weighted by molar-refractivity contribution is -0.771. The van der Waals surface area contributed by atoms with Crippen LogP contribution < -0.4 is 9.80 Å². The first-order valence-electron chi connectivity index (χ1n) is 8.12. The third kappa shape index (κ3) is 2.93. The summed E-state index contributed by atoms with van der Waals surface area (Å²) >= 11 is 0. The van der Waals surface area contributed by atoms with Crippen molar-refractivity contribution >= 4 is 5.88 Å². The molecule has 1 saturated heterocycles. The van der Waals surface area contributed by atoms with Gasteiger partial charge in [-0.1, -0.05) is 30.3 Å². The lowest BCUT2D eigenvalue weighted by Gasteiger charge is -2.32. The van der Waals surface area contributed by atoms with Crippen molar-refractivity contribution in [1.82, 2.24) is 5.27 Å². The minimum atomic E-state index is 0.181. The summed E-state index contributed by atoms with van der Waals surface area (Å²) in [6.07, 6.45) is 5.24. The molecule has 0 amide bonds. The van der Waals surface area contributed by atoms with Crippen LogP contribution in [0.5, 0.6) is 0 Å². The zero-order valence-corrected chi connectivity index (χ0v) is 13.3. The van der Waals surface area contributed by atoms with Gasteiger partial charge < -0.3 is 10.3 Å². The molecule has 118 valence electrons. The van der Waals surface area contributed by atoms with E-state index in [9.17, 15) is 0 Å². The van der Waals surface area contributed by atoms with Crippen LogP contribution in [0, 0.1) is 0 Å². The second kappa shape index (κ2) is 6.38. The number of aryl methyl sites for hydroxylation is 1. The fourth-order valence-corrected chi connectivity index (χ4v) is 3.36. The third-order valence-corrected chi connectivity index (χ3v) is 4.57. The van der Waals surface area contributed by atoms with Gasteiger partial charge in [-0.05, 0) is 45.1 Å². The molecule has 1 fully saturated rings. The maximum atomic E-state index is 8.03. The quantitative estimate of drug-likeness (QED) is 0.814. The highest BCUT2D eigenvalue weighted by atomic mass is 16.5. The Morgan fingerprint density at radius 2 is 1.86 bits per heavy atom. The second-order valence-electron chi connectivity index (χ2n) is 6.23. The molecule has 1 aromatic heterocycles. The lowest BCUT2D eigenvalue weighted by atomic mass is 10.00. The Hall–Kier alpha value is -2.04. The first-order chi connectivity index (χ1) is 10.7. The van der Waals surface area contributed by atoms with E-state index in [4.69, 9.17) is 10.3 Å². The zero-order valence-electron chi connectivity index (χ0n) is 13.3. The fraction of sp³-hybridized carbons (Fsp3) is 0.529. The van der Waals surface area contributed by atoms with E-state index in [1.807, 2.05) is 23.0 Å². The van der Waals surface area contributed by atoms with Crippen LogP contribution in [0.4, 0.5) is 5.88 Å². The SMILES string of the molecule is CC1CCCC(C)N1[n+]1noc([NH-])c1CCc1ccccc1. The number of rotatable bonds is 4. The van der Waals surface area contributed by atoms with E-state index >= 15 is 0 Å². The predicted octanol–water partition coefficient (Wildman–Crippen LogP) is 3.33. The Balaban J connectivity index is 1.81. The van der Waals surface area contributed by atoms with Gasteiger partial charge in [-0.3, -0.25) is 0 Å². The molecule has 5 nitrogen and oxygen atoms in total. The first-order valence-corrected chi connectivity index (χ1v) is 8.12. The molecule has 2 heterocycles. The molecule has 22 heavy (non-hydrogen) atoms. The Morgan fingerprint density at radius 3 is 2.55 bits per heavy atom. The molecule has 0 aliphatic carbocycles. The molecule has 2 unspecified atom stereocenters. The molecule has 0 bridgehead atoms. The highest BCUT2D eigenvalue weighted by Crippen LogP contribution is 2.21. The van der Waals surface area contributed by atoms with Crippen molar-refractivity contribution in [2.24, 2.45) is 0 Å². The normalized spacial score (nSPS) is 22.0. The molecule has 1 aromatic carbocycles. The van der Waals surface area contributed by atoms with E-state index in [2.05, 4.69) is 36.3 Å². The van der Waals surface area contributed by atoms with Gasteiger partial charge in [0.25, 0.3) is 5.69 Å². The van der Waals surface area contributed by atoms with Crippen molar-refractivity contribution in [1.29, 1.82) is 0 Å². The number of piperidine rings is 1. The molecule has 5 heteroatoms. The largest absolute Gasteiger partial charge is 0.660 e. The molecule has 2 atom stereocenters. The molecule has 1 aliphatic heterocycles. The maximum absolute atomic E-state index is 8.03. The average molecular weight is 300 g/mol. The van der Waals surface area contributed by atoms with Crippen LogP contribution >= 0.6 is 0 Å². The first kappa shape index (κ1) is 14.9. The van der Waals surface area contributed by atoms with Crippen molar-refractivity contribution in [2.75, 3.05) is 5.01 Å². The van der Waals surface area contributed by atoms with Crippen molar-refractivity contribution < 1.29 is 9.31 Å². The van der Waals surface area contributed by atoms with E-state index in [1.165, 1.54) is 12.0 Å². The van der Waals surface area contributed by atoms with Crippen molar-refractivity contribution in [2.45, 2.75) is 58.0 Å². The monoisotopic (exact) mass is 300 g/mol. The molecule has 0 radical (unpaired) electrons. The summed E-state index contributed by atoms with van der Waals surface area (Å²) < 4.78 is 5.17. The Morgan fingerprint density at radius 1 is 1.18 bits per heavy atom. The lowest BCUT2D eigenvalue weighted by Crippen LogP contribution is -2.69. The number of benzene rings is 1. The molecular weight excluding hydrogens is 276 g/mol. The Labute approximate surface area is 131 Å². The average Bonchev–Trinajstić information content (AvgIpc) is 2.87. The zero-order chi connectivity index (χ0) is 15.5. The third-order valence-electron chi connectivity index (χ3n) is 4.57. The summed E-state index contributed by atoms with van der Waals surface area (Å²) in [5.74, 6) is 0.181. The molecule has 1 aliphatic rings. The number of hydrogen-bond acceptors (Lipinski definition) is 3. The molecule has 0 spiro atoms. The maximum Gasteiger partial charge on any atom is 0.268 e. The summed E-state index contributed by atoms with van der Waals surface area (Å²) in [7, 11) is 0. The van der Waals surface area contributed by atoms with Crippen LogP contribution in [0.2, 0.25) is 0 Å². The summed E-state index contributed by atoms with van der Waals surface area (Å²) in [6.45, 7) is 4.45. The van der Waals surface area contributed by atoms with Gasteiger partial charge >= 0.3 is 0 Å². The minimum Gasteiger partial charge on any atom is -0.660 e. The van der Waals surface area contributed by atoms with Gasteiger partial charge in [0.05, 0.1) is 16.9 Å². The van der Waals surface area contributed by atoms with E-state index in [-0.39, 0.29) is 5.88 Å². The Kier molecular flexibility index (Phi) is 4.32. The minimum absolute atomic E-state index is 0.181. The topological polar surface area (TPSA) is 57.0 Å². The smallest absolute Gasteiger partial charge is 0.268 e. The van der Waals surface area contributed by atoms with Gasteiger partial charge in [0.1, 0.15) is 5.88 Å². The van der Waals surface area contributed by atoms with Crippen LogP contribution in [0.15, 0.2) is 34.9 Å². The highest BCUT2D eigenvalue weighted by Gasteiger charge is 2.36. The fourth-order valence-electron chi connectivity index (χ4n) is 3.36. The number of nitrogens with zero attached hydrogens (tertiary/aromatic N) is 3. The van der Waals surface area contributed by atoms with Gasteiger partial charge in [-0.15, -0.1) is 5.01 Å². The van der Waals surface area contributed by atoms with E-state index in [0.29, 0.717) is 12.1 Å². The van der Waals surface area contributed by atoms with Crippen LogP contribution in [0.25, 0.3) is 5.73 Å². The molecule has 1 N–H and O–H groups in total. The van der Waals surface area contributed by atoms with Gasteiger partial charge in [-0.2, -0.15) is 0 Å². The number of hydrogen-bond donors (Lipinski definition) is 0. The highest BCUT2D eigenvalue weighted by molar-refractivity contribution is 5.32. The van der Waals surface area contributed by atoms with Crippen molar-refractivity contribution in [3.63, 3.8) is 0 Å². The van der Waals surface area contributed by atoms with Crippen LogP contribution in [-0.4, -0.2) is 17.4 Å². The van der Waals surface area contributed by atoms with Crippen LogP contribution in [-0.2, 0) is 12.8 Å². The summed E-state index contributed by atoms with van der Waals surface area (Å²) in [4.78, 5) is 1.85. The van der Waals surface area contributed by atoms with Gasteiger partial charge in [0.15, 0.2) is 0 Å². The molecule has 3 rings (SSSR count). The summed E-state index contributed by atoms with van der Waals surface area (Å²) in [5.41, 5.74) is 10.2. The van der Waals surface area contributed by atoms with Gasteiger partial charge in [0.2, 0.25) is 5.27 Å². The summed E-state index contributed by atoms with van der Waals surface area (Å²) in [5, 5.41) is 6.40. The van der Waals surface area contributed by atoms with E-state index in [1.54, 1.807) is 0 Å². The molecular formula is C17H24N4O. The molecule has 2 aromatic rings. The van der Waals surface area contributed by atoms with Crippen LogP contribution in [0.3, 0.4) is 0 Å². The van der Waals surface area contributed by atoms with Gasteiger partial charge in [-0.25, -0.2) is 0 Å². The van der Waals surface area contributed by atoms with Crippen molar-refractivity contribution in [3.8, 4) is 0 Å². The van der Waals surface area contributed by atoms with Crippen molar-refractivity contribution in [3.05, 3.63) is 47.3 Å². The molecule has 0 saturated carbocycles. The van der Waals surface area contributed by atoms with E-state index < -0.39 is 0 Å². The van der Waals surface area contributed by atoms with Gasteiger partial charge in [0, 0.05) is 6.42 Å². The predicted molar refractivity (Wildman–Crippen MR) is 85.5 cm³/mol.